The van der Waals surface area contributed by atoms with E-state index in [9.17, 15) is 14.0 Å². The number of cyclic esters (lactones) is 1. The van der Waals surface area contributed by atoms with Gasteiger partial charge >= 0.3 is 6.09 Å². The minimum atomic E-state index is -0.504. The topological polar surface area (TPSA) is 58.6 Å². The zero-order valence-electron chi connectivity index (χ0n) is 13.9. The van der Waals surface area contributed by atoms with Gasteiger partial charge in [-0.15, -0.1) is 0 Å². The van der Waals surface area contributed by atoms with E-state index in [1.165, 1.54) is 24.3 Å². The van der Waals surface area contributed by atoms with Gasteiger partial charge in [-0.3, -0.25) is 9.69 Å². The number of halogens is 1. The van der Waals surface area contributed by atoms with Crippen molar-refractivity contribution >= 4 is 17.7 Å². The smallest absolute Gasteiger partial charge is 0.414 e. The summed E-state index contributed by atoms with van der Waals surface area (Å²) in [7, 11) is 0. The molecule has 5 nitrogen and oxygen atoms in total. The first-order valence-corrected chi connectivity index (χ1v) is 8.56. The first-order valence-electron chi connectivity index (χ1n) is 8.56. The molecule has 0 radical (unpaired) electrons. The Morgan fingerprint density at radius 1 is 1.33 bits per heavy atom. The van der Waals surface area contributed by atoms with Gasteiger partial charge in [0.2, 0.25) is 5.91 Å². The summed E-state index contributed by atoms with van der Waals surface area (Å²) in [5, 5.41) is 2.63. The molecular formula is C18H23FN2O3. The highest BCUT2D eigenvalue weighted by Crippen LogP contribution is 2.35. The summed E-state index contributed by atoms with van der Waals surface area (Å²) in [6, 6.07) is 5.01. The standard InChI is InChI=1S/C18H23FN2O3/c1-12(22)20-10-15-11-21(18(23)24-15)14-7-8-16(17(19)9-14)13-5-3-2-4-6-13/h7-9,13,15H,2-6,10-11H2,1H3,(H,20,22)/t15-/m0/s1. The Balaban J connectivity index is 1.69. The highest BCUT2D eigenvalue weighted by molar-refractivity contribution is 5.89. The third-order valence-electron chi connectivity index (χ3n) is 4.79. The SMILES string of the molecule is CC(=O)NC[C@H]1CN(c2ccc(C3CCCCC3)c(F)c2)C(=O)O1. The molecule has 0 bridgehead atoms. The van der Waals surface area contributed by atoms with Crippen molar-refractivity contribution in [3.8, 4) is 0 Å². The maximum Gasteiger partial charge on any atom is 0.414 e. The Morgan fingerprint density at radius 2 is 2.08 bits per heavy atom. The molecular weight excluding hydrogens is 311 g/mol. The number of hydrogen-bond donors (Lipinski definition) is 1. The molecule has 1 saturated heterocycles. The van der Waals surface area contributed by atoms with Gasteiger partial charge in [-0.1, -0.05) is 25.3 Å². The van der Waals surface area contributed by atoms with Crippen molar-refractivity contribution in [3.63, 3.8) is 0 Å². The summed E-state index contributed by atoms with van der Waals surface area (Å²) in [6.45, 7) is 1.98. The van der Waals surface area contributed by atoms with E-state index in [0.29, 0.717) is 12.2 Å². The quantitative estimate of drug-likeness (QED) is 0.919. The van der Waals surface area contributed by atoms with E-state index >= 15 is 0 Å². The van der Waals surface area contributed by atoms with Crippen LogP contribution in [-0.4, -0.2) is 31.2 Å². The van der Waals surface area contributed by atoms with E-state index in [1.807, 2.05) is 0 Å². The van der Waals surface area contributed by atoms with Gasteiger partial charge in [-0.05, 0) is 36.5 Å². The predicted molar refractivity (Wildman–Crippen MR) is 88.5 cm³/mol. The Hall–Kier alpha value is -2.11. The maximum absolute atomic E-state index is 14.5. The lowest BCUT2D eigenvalue weighted by atomic mass is 9.84. The summed E-state index contributed by atoms with van der Waals surface area (Å²) in [5.74, 6) is -0.143. The van der Waals surface area contributed by atoms with Crippen LogP contribution >= 0.6 is 0 Å². The summed E-state index contributed by atoms with van der Waals surface area (Å²) in [6.07, 6.45) is 4.66. The summed E-state index contributed by atoms with van der Waals surface area (Å²) in [5.41, 5.74) is 1.25. The largest absolute Gasteiger partial charge is 0.442 e. The van der Waals surface area contributed by atoms with Crippen molar-refractivity contribution < 1.29 is 18.7 Å². The second kappa shape index (κ2) is 7.20. The molecule has 1 N–H and O–H groups in total. The molecule has 1 aliphatic carbocycles. The Morgan fingerprint density at radius 3 is 2.75 bits per heavy atom. The molecule has 3 rings (SSSR count). The maximum atomic E-state index is 14.5. The summed E-state index contributed by atoms with van der Waals surface area (Å²) >= 11 is 0. The number of carbonyl (C=O) groups is 2. The van der Waals surface area contributed by atoms with Gasteiger partial charge < -0.3 is 10.1 Å². The Labute approximate surface area is 141 Å². The van der Waals surface area contributed by atoms with Gasteiger partial charge in [0.05, 0.1) is 18.8 Å². The van der Waals surface area contributed by atoms with Crippen LogP contribution in [0.25, 0.3) is 0 Å². The third-order valence-corrected chi connectivity index (χ3v) is 4.79. The van der Waals surface area contributed by atoms with Crippen LogP contribution in [0.3, 0.4) is 0 Å². The molecule has 1 heterocycles. The normalized spacial score (nSPS) is 21.7. The lowest BCUT2D eigenvalue weighted by Crippen LogP contribution is -2.33. The molecule has 2 aliphatic rings. The number of amides is 2. The molecule has 130 valence electrons. The molecule has 6 heteroatoms. The fourth-order valence-corrected chi connectivity index (χ4v) is 3.52. The monoisotopic (exact) mass is 334 g/mol. The fraction of sp³-hybridized carbons (Fsp3) is 0.556. The molecule has 1 atom stereocenters. The van der Waals surface area contributed by atoms with Crippen LogP contribution in [0.15, 0.2) is 18.2 Å². The number of carbonyl (C=O) groups excluding carboxylic acids is 2. The first-order chi connectivity index (χ1) is 11.5. The second-order valence-electron chi connectivity index (χ2n) is 6.59. The first kappa shape index (κ1) is 16.7. The predicted octanol–water partition coefficient (Wildman–Crippen LogP) is 3.33. The molecule has 0 aromatic heterocycles. The van der Waals surface area contributed by atoms with Crippen LogP contribution < -0.4 is 10.2 Å². The minimum absolute atomic E-state index is 0.174. The molecule has 0 unspecified atom stereocenters. The van der Waals surface area contributed by atoms with Crippen molar-refractivity contribution in [1.82, 2.24) is 5.32 Å². The molecule has 0 spiro atoms. The second-order valence-corrected chi connectivity index (χ2v) is 6.59. The average molecular weight is 334 g/mol. The van der Waals surface area contributed by atoms with Crippen molar-refractivity contribution in [1.29, 1.82) is 0 Å². The number of rotatable bonds is 4. The molecule has 1 aliphatic heterocycles. The molecule has 1 aromatic rings. The van der Waals surface area contributed by atoms with Crippen molar-refractivity contribution in [3.05, 3.63) is 29.6 Å². The van der Waals surface area contributed by atoms with Gasteiger partial charge in [-0.25, -0.2) is 9.18 Å². The molecule has 24 heavy (non-hydrogen) atoms. The van der Waals surface area contributed by atoms with Crippen LogP contribution in [0.1, 0.15) is 50.5 Å². The third kappa shape index (κ3) is 3.68. The van der Waals surface area contributed by atoms with E-state index in [0.717, 1.165) is 31.2 Å². The van der Waals surface area contributed by atoms with Gasteiger partial charge in [0, 0.05) is 6.92 Å². The fourth-order valence-electron chi connectivity index (χ4n) is 3.52. The average Bonchev–Trinajstić information content (AvgIpc) is 2.94. The summed E-state index contributed by atoms with van der Waals surface area (Å²) in [4.78, 5) is 24.4. The van der Waals surface area contributed by atoms with Crippen LogP contribution in [0.2, 0.25) is 0 Å². The van der Waals surface area contributed by atoms with E-state index in [2.05, 4.69) is 5.32 Å². The van der Waals surface area contributed by atoms with Crippen molar-refractivity contribution in [2.45, 2.75) is 51.0 Å². The van der Waals surface area contributed by atoms with Crippen LogP contribution in [0.5, 0.6) is 0 Å². The lowest BCUT2D eigenvalue weighted by Gasteiger charge is -2.23. The number of anilines is 1. The van der Waals surface area contributed by atoms with Gasteiger partial charge in [-0.2, -0.15) is 0 Å². The van der Waals surface area contributed by atoms with E-state index in [4.69, 9.17) is 4.74 Å². The zero-order valence-corrected chi connectivity index (χ0v) is 13.9. The zero-order chi connectivity index (χ0) is 17.1. The lowest BCUT2D eigenvalue weighted by molar-refractivity contribution is -0.119. The highest BCUT2D eigenvalue weighted by Gasteiger charge is 2.33. The van der Waals surface area contributed by atoms with Crippen LogP contribution in [0, 0.1) is 5.82 Å². The van der Waals surface area contributed by atoms with Gasteiger partial charge in [0.15, 0.2) is 0 Å². The van der Waals surface area contributed by atoms with E-state index < -0.39 is 12.2 Å². The number of benzene rings is 1. The number of ether oxygens (including phenoxy) is 1. The highest BCUT2D eigenvalue weighted by atomic mass is 19.1. The molecule has 2 amide bonds. The minimum Gasteiger partial charge on any atom is -0.442 e. The Kier molecular flexibility index (Phi) is 5.02. The number of hydrogen-bond acceptors (Lipinski definition) is 3. The molecule has 1 saturated carbocycles. The van der Waals surface area contributed by atoms with E-state index in [1.54, 1.807) is 12.1 Å². The van der Waals surface area contributed by atoms with Gasteiger partial charge in [0.25, 0.3) is 0 Å². The molecule has 2 fully saturated rings. The number of nitrogens with zero attached hydrogens (tertiary/aromatic N) is 1. The Bertz CT molecular complexity index is 629. The van der Waals surface area contributed by atoms with Crippen LogP contribution in [0.4, 0.5) is 14.9 Å². The summed E-state index contributed by atoms with van der Waals surface area (Å²) < 4.78 is 19.7. The number of nitrogens with one attached hydrogen (secondary N) is 1. The van der Waals surface area contributed by atoms with E-state index in [-0.39, 0.29) is 24.2 Å². The van der Waals surface area contributed by atoms with Gasteiger partial charge in [0.1, 0.15) is 11.9 Å². The molecule has 1 aromatic carbocycles. The van der Waals surface area contributed by atoms with Crippen LogP contribution in [-0.2, 0) is 9.53 Å². The van der Waals surface area contributed by atoms with Crippen molar-refractivity contribution in [2.75, 3.05) is 18.0 Å². The van der Waals surface area contributed by atoms with Crippen molar-refractivity contribution in [2.24, 2.45) is 0 Å².